The van der Waals surface area contributed by atoms with E-state index in [4.69, 9.17) is 0 Å². The van der Waals surface area contributed by atoms with Crippen molar-refractivity contribution in [1.82, 2.24) is 4.90 Å². The quantitative estimate of drug-likeness (QED) is 0.711. The Hall–Kier alpha value is -0.340. The lowest BCUT2D eigenvalue weighted by Crippen LogP contribution is -2.37. The SMILES string of the molecule is CN1CC[C@@H]1c1ccccc1Br. The van der Waals surface area contributed by atoms with Crippen molar-refractivity contribution in [3.05, 3.63) is 34.3 Å². The summed E-state index contributed by atoms with van der Waals surface area (Å²) in [5.41, 5.74) is 1.42. The molecular formula is C10H12BrN. The molecule has 1 nitrogen and oxygen atoms in total. The minimum absolute atomic E-state index is 0.639. The molecule has 0 saturated carbocycles. The van der Waals surface area contributed by atoms with E-state index in [2.05, 4.69) is 52.1 Å². The second-order valence-electron chi connectivity index (χ2n) is 3.31. The molecule has 2 heteroatoms. The molecular weight excluding hydrogens is 214 g/mol. The van der Waals surface area contributed by atoms with Crippen LogP contribution in [0.3, 0.4) is 0 Å². The van der Waals surface area contributed by atoms with E-state index in [0.29, 0.717) is 6.04 Å². The van der Waals surface area contributed by atoms with Crippen LogP contribution in [0.15, 0.2) is 28.7 Å². The van der Waals surface area contributed by atoms with Crippen molar-refractivity contribution < 1.29 is 0 Å². The van der Waals surface area contributed by atoms with Gasteiger partial charge in [0.1, 0.15) is 0 Å². The van der Waals surface area contributed by atoms with Gasteiger partial charge < -0.3 is 0 Å². The van der Waals surface area contributed by atoms with Crippen molar-refractivity contribution >= 4 is 15.9 Å². The van der Waals surface area contributed by atoms with Crippen LogP contribution in [0.5, 0.6) is 0 Å². The van der Waals surface area contributed by atoms with Gasteiger partial charge in [0.25, 0.3) is 0 Å². The molecule has 12 heavy (non-hydrogen) atoms. The Balaban J connectivity index is 2.27. The van der Waals surface area contributed by atoms with Gasteiger partial charge in [0.15, 0.2) is 0 Å². The molecule has 1 heterocycles. The lowest BCUT2D eigenvalue weighted by Gasteiger charge is -2.38. The van der Waals surface area contributed by atoms with Crippen molar-refractivity contribution in [2.75, 3.05) is 13.6 Å². The molecule has 0 radical (unpaired) electrons. The summed E-state index contributed by atoms with van der Waals surface area (Å²) in [4.78, 5) is 2.38. The number of likely N-dealkylation sites (tertiary alicyclic amines) is 1. The van der Waals surface area contributed by atoms with E-state index in [1.807, 2.05) is 0 Å². The second-order valence-corrected chi connectivity index (χ2v) is 4.16. The minimum atomic E-state index is 0.639. The lowest BCUT2D eigenvalue weighted by atomic mass is 9.96. The third-order valence-corrected chi connectivity index (χ3v) is 3.27. The van der Waals surface area contributed by atoms with Crippen molar-refractivity contribution in [3.63, 3.8) is 0 Å². The van der Waals surface area contributed by atoms with Crippen LogP contribution >= 0.6 is 15.9 Å². The Morgan fingerprint density at radius 2 is 2.17 bits per heavy atom. The molecule has 1 aliphatic rings. The Kier molecular flexibility index (Phi) is 2.20. The molecule has 0 N–H and O–H groups in total. The Morgan fingerprint density at radius 3 is 2.67 bits per heavy atom. The van der Waals surface area contributed by atoms with E-state index in [0.717, 1.165) is 0 Å². The van der Waals surface area contributed by atoms with Crippen LogP contribution < -0.4 is 0 Å². The maximum atomic E-state index is 3.57. The molecule has 0 aliphatic carbocycles. The summed E-state index contributed by atoms with van der Waals surface area (Å²) in [7, 11) is 2.17. The zero-order chi connectivity index (χ0) is 8.55. The second kappa shape index (κ2) is 3.19. The van der Waals surface area contributed by atoms with Crippen LogP contribution in [-0.4, -0.2) is 18.5 Å². The Morgan fingerprint density at radius 1 is 1.42 bits per heavy atom. The van der Waals surface area contributed by atoms with Crippen LogP contribution in [0.1, 0.15) is 18.0 Å². The molecule has 1 atom stereocenters. The van der Waals surface area contributed by atoms with Gasteiger partial charge in [-0.2, -0.15) is 0 Å². The summed E-state index contributed by atoms with van der Waals surface area (Å²) < 4.78 is 1.24. The fraction of sp³-hybridized carbons (Fsp3) is 0.400. The number of nitrogens with zero attached hydrogens (tertiary/aromatic N) is 1. The summed E-state index contributed by atoms with van der Waals surface area (Å²) >= 11 is 3.57. The first-order valence-electron chi connectivity index (χ1n) is 4.23. The number of halogens is 1. The summed E-state index contributed by atoms with van der Waals surface area (Å²) in [6, 6.07) is 9.12. The average molecular weight is 226 g/mol. The Labute approximate surface area is 81.5 Å². The standard InChI is InChI=1S/C10H12BrN/c1-12-7-6-10(12)8-4-2-3-5-9(8)11/h2-5,10H,6-7H2,1H3/t10-/m1/s1. The normalized spacial score (nSPS) is 23.7. The van der Waals surface area contributed by atoms with Crippen molar-refractivity contribution in [1.29, 1.82) is 0 Å². The molecule has 1 fully saturated rings. The highest BCUT2D eigenvalue weighted by molar-refractivity contribution is 9.10. The van der Waals surface area contributed by atoms with Crippen LogP contribution in [0, 0.1) is 0 Å². The van der Waals surface area contributed by atoms with Crippen molar-refractivity contribution in [2.45, 2.75) is 12.5 Å². The molecule has 2 rings (SSSR count). The molecule has 1 aromatic rings. The smallest absolute Gasteiger partial charge is 0.0368 e. The largest absolute Gasteiger partial charge is 0.299 e. The van der Waals surface area contributed by atoms with Crippen molar-refractivity contribution in [3.8, 4) is 0 Å². The van der Waals surface area contributed by atoms with Gasteiger partial charge in [0.2, 0.25) is 0 Å². The maximum Gasteiger partial charge on any atom is 0.0368 e. The van der Waals surface area contributed by atoms with Gasteiger partial charge in [-0.05, 0) is 25.1 Å². The van der Waals surface area contributed by atoms with Crippen LogP contribution in [0.4, 0.5) is 0 Å². The van der Waals surface area contributed by atoms with Gasteiger partial charge in [-0.3, -0.25) is 4.90 Å². The number of rotatable bonds is 1. The third-order valence-electron chi connectivity index (χ3n) is 2.55. The highest BCUT2D eigenvalue weighted by Gasteiger charge is 2.26. The molecule has 0 aromatic heterocycles. The first kappa shape index (κ1) is 8.27. The fourth-order valence-electron chi connectivity index (χ4n) is 1.65. The first-order valence-corrected chi connectivity index (χ1v) is 5.03. The summed E-state index contributed by atoms with van der Waals surface area (Å²) in [5, 5.41) is 0. The third kappa shape index (κ3) is 1.29. The average Bonchev–Trinajstić information content (AvgIpc) is 2.06. The summed E-state index contributed by atoms with van der Waals surface area (Å²) in [6.45, 7) is 1.23. The molecule has 1 aromatic carbocycles. The number of hydrogen-bond donors (Lipinski definition) is 0. The van der Waals surface area contributed by atoms with Gasteiger partial charge in [0, 0.05) is 17.1 Å². The highest BCUT2D eigenvalue weighted by atomic mass is 79.9. The van der Waals surface area contributed by atoms with E-state index in [1.165, 1.54) is 23.0 Å². The van der Waals surface area contributed by atoms with E-state index in [1.54, 1.807) is 0 Å². The Bertz CT molecular complexity index is 285. The number of hydrogen-bond acceptors (Lipinski definition) is 1. The first-order chi connectivity index (χ1) is 5.79. The van der Waals surface area contributed by atoms with E-state index < -0.39 is 0 Å². The molecule has 0 unspecified atom stereocenters. The summed E-state index contributed by atoms with van der Waals surface area (Å²) in [5.74, 6) is 0. The topological polar surface area (TPSA) is 3.24 Å². The van der Waals surface area contributed by atoms with Crippen LogP contribution in [0.2, 0.25) is 0 Å². The molecule has 1 aliphatic heterocycles. The number of benzene rings is 1. The molecule has 0 bridgehead atoms. The maximum absolute atomic E-state index is 3.57. The van der Waals surface area contributed by atoms with Gasteiger partial charge in [-0.25, -0.2) is 0 Å². The zero-order valence-corrected chi connectivity index (χ0v) is 8.71. The lowest BCUT2D eigenvalue weighted by molar-refractivity contribution is 0.127. The molecule has 0 spiro atoms. The molecule has 1 saturated heterocycles. The van der Waals surface area contributed by atoms with Crippen LogP contribution in [0.25, 0.3) is 0 Å². The van der Waals surface area contributed by atoms with E-state index in [-0.39, 0.29) is 0 Å². The van der Waals surface area contributed by atoms with Crippen LogP contribution in [-0.2, 0) is 0 Å². The van der Waals surface area contributed by atoms with E-state index in [9.17, 15) is 0 Å². The minimum Gasteiger partial charge on any atom is -0.299 e. The zero-order valence-electron chi connectivity index (χ0n) is 7.13. The monoisotopic (exact) mass is 225 g/mol. The van der Waals surface area contributed by atoms with Gasteiger partial charge in [-0.1, -0.05) is 34.1 Å². The predicted octanol–water partition coefficient (Wildman–Crippen LogP) is 2.83. The summed E-state index contributed by atoms with van der Waals surface area (Å²) in [6.07, 6.45) is 1.29. The highest BCUT2D eigenvalue weighted by Crippen LogP contribution is 2.35. The van der Waals surface area contributed by atoms with E-state index >= 15 is 0 Å². The van der Waals surface area contributed by atoms with Crippen molar-refractivity contribution in [2.24, 2.45) is 0 Å². The van der Waals surface area contributed by atoms with Gasteiger partial charge in [-0.15, -0.1) is 0 Å². The molecule has 64 valence electrons. The van der Waals surface area contributed by atoms with Gasteiger partial charge >= 0.3 is 0 Å². The van der Waals surface area contributed by atoms with Gasteiger partial charge in [0.05, 0.1) is 0 Å². The fourth-order valence-corrected chi connectivity index (χ4v) is 2.20. The molecule has 0 amide bonds. The predicted molar refractivity (Wildman–Crippen MR) is 54.1 cm³/mol.